The van der Waals surface area contributed by atoms with Crippen LogP contribution in [0.15, 0.2) is 40.3 Å². The molecule has 0 saturated carbocycles. The molecule has 0 radical (unpaired) electrons. The summed E-state index contributed by atoms with van der Waals surface area (Å²) in [5, 5.41) is 9.97. The number of nitrogens with one attached hydrogen (secondary N) is 2. The molecule has 4 rings (SSSR count). The lowest BCUT2D eigenvalue weighted by Crippen LogP contribution is -2.42. The average molecular weight is 446 g/mol. The Labute approximate surface area is 184 Å². The SMILES string of the molecule is O=C(Nc1ccccc1)C1CCN(C(=O)CSc2n[nH]c(=O)n2CC2CCCO2)CC1. The fourth-order valence-corrected chi connectivity index (χ4v) is 4.80. The Morgan fingerprint density at radius 2 is 1.97 bits per heavy atom. The van der Waals surface area contributed by atoms with Crippen LogP contribution in [0.1, 0.15) is 25.7 Å². The second-order valence-corrected chi connectivity index (χ2v) is 8.80. The Kier molecular flexibility index (Phi) is 7.08. The van der Waals surface area contributed by atoms with E-state index in [4.69, 9.17) is 4.74 Å². The number of piperidine rings is 1. The van der Waals surface area contributed by atoms with Gasteiger partial charge in [-0.05, 0) is 37.8 Å². The normalized spacial score (nSPS) is 19.5. The number of likely N-dealkylation sites (tertiary alicyclic amines) is 1. The second kappa shape index (κ2) is 10.1. The van der Waals surface area contributed by atoms with Crippen molar-refractivity contribution in [1.82, 2.24) is 19.7 Å². The molecule has 31 heavy (non-hydrogen) atoms. The summed E-state index contributed by atoms with van der Waals surface area (Å²) in [6.07, 6.45) is 3.22. The van der Waals surface area contributed by atoms with E-state index in [1.807, 2.05) is 30.3 Å². The summed E-state index contributed by atoms with van der Waals surface area (Å²) in [7, 11) is 0. The Morgan fingerprint density at radius 3 is 2.68 bits per heavy atom. The first-order valence-corrected chi connectivity index (χ1v) is 11.6. The number of hydrogen-bond donors (Lipinski definition) is 2. The van der Waals surface area contributed by atoms with Crippen LogP contribution in [0.2, 0.25) is 0 Å². The summed E-state index contributed by atoms with van der Waals surface area (Å²) in [6.45, 7) is 2.27. The summed E-state index contributed by atoms with van der Waals surface area (Å²) in [5.74, 6) is 0.102. The number of benzene rings is 1. The van der Waals surface area contributed by atoms with Crippen molar-refractivity contribution in [3.63, 3.8) is 0 Å². The van der Waals surface area contributed by atoms with Crippen LogP contribution in [0.25, 0.3) is 0 Å². The maximum Gasteiger partial charge on any atom is 0.344 e. The Bertz CT molecular complexity index is 946. The molecule has 9 nitrogen and oxygen atoms in total. The lowest BCUT2D eigenvalue weighted by Gasteiger charge is -2.31. The second-order valence-electron chi connectivity index (χ2n) is 7.86. The van der Waals surface area contributed by atoms with Gasteiger partial charge in [0.2, 0.25) is 11.8 Å². The first-order chi connectivity index (χ1) is 15.1. The third kappa shape index (κ3) is 5.56. The molecule has 2 aliphatic heterocycles. The third-order valence-corrected chi connectivity index (χ3v) is 6.68. The average Bonchev–Trinajstić information content (AvgIpc) is 3.43. The van der Waals surface area contributed by atoms with E-state index < -0.39 is 0 Å². The minimum atomic E-state index is -0.282. The van der Waals surface area contributed by atoms with E-state index >= 15 is 0 Å². The zero-order valence-electron chi connectivity index (χ0n) is 17.3. The Morgan fingerprint density at radius 1 is 1.19 bits per heavy atom. The molecule has 1 unspecified atom stereocenters. The summed E-state index contributed by atoms with van der Waals surface area (Å²) in [5.41, 5.74) is 0.506. The van der Waals surface area contributed by atoms with Gasteiger partial charge in [0.05, 0.1) is 18.4 Å². The highest BCUT2D eigenvalue weighted by Gasteiger charge is 2.28. The standard InChI is InChI=1S/C21H27N5O4S/c27-18(14-31-21-24-23-20(29)26(21)13-17-7-4-12-30-17)25-10-8-15(9-11-25)19(28)22-16-5-2-1-3-6-16/h1-3,5-6,15,17H,4,7-14H2,(H,22,28)(H,23,29). The molecule has 3 heterocycles. The topological polar surface area (TPSA) is 109 Å². The number of carbonyl (C=O) groups is 2. The maximum atomic E-state index is 12.7. The van der Waals surface area contributed by atoms with Crippen molar-refractivity contribution >= 4 is 29.3 Å². The van der Waals surface area contributed by atoms with Gasteiger partial charge in [-0.15, -0.1) is 5.10 Å². The lowest BCUT2D eigenvalue weighted by molar-refractivity contribution is -0.132. The van der Waals surface area contributed by atoms with Gasteiger partial charge in [0, 0.05) is 31.3 Å². The van der Waals surface area contributed by atoms with Crippen LogP contribution in [0.4, 0.5) is 5.69 Å². The summed E-state index contributed by atoms with van der Waals surface area (Å²) >= 11 is 1.26. The number of aromatic nitrogens is 3. The third-order valence-electron chi connectivity index (χ3n) is 5.72. The zero-order chi connectivity index (χ0) is 21.6. The smallest absolute Gasteiger partial charge is 0.344 e. The van der Waals surface area contributed by atoms with Gasteiger partial charge in [-0.3, -0.25) is 14.2 Å². The van der Waals surface area contributed by atoms with E-state index in [-0.39, 0.29) is 35.3 Å². The number of ether oxygens (including phenoxy) is 1. The van der Waals surface area contributed by atoms with E-state index in [1.165, 1.54) is 11.8 Å². The number of amides is 2. The van der Waals surface area contributed by atoms with Gasteiger partial charge in [0.15, 0.2) is 5.16 Å². The predicted molar refractivity (Wildman–Crippen MR) is 117 cm³/mol. The van der Waals surface area contributed by atoms with Gasteiger partial charge in [-0.25, -0.2) is 9.89 Å². The van der Waals surface area contributed by atoms with Crippen LogP contribution in [-0.2, 0) is 20.9 Å². The molecule has 2 saturated heterocycles. The maximum absolute atomic E-state index is 12.7. The Hall–Kier alpha value is -2.59. The fraction of sp³-hybridized carbons (Fsp3) is 0.524. The van der Waals surface area contributed by atoms with E-state index in [2.05, 4.69) is 15.5 Å². The van der Waals surface area contributed by atoms with Crippen LogP contribution in [-0.4, -0.2) is 63.0 Å². The van der Waals surface area contributed by atoms with Gasteiger partial charge in [-0.2, -0.15) is 0 Å². The largest absolute Gasteiger partial charge is 0.376 e. The van der Waals surface area contributed by atoms with E-state index in [9.17, 15) is 14.4 Å². The van der Waals surface area contributed by atoms with Crippen LogP contribution in [0.5, 0.6) is 0 Å². The minimum absolute atomic E-state index is 0.00217. The van der Waals surface area contributed by atoms with Gasteiger partial charge in [0.25, 0.3) is 0 Å². The highest BCUT2D eigenvalue weighted by Crippen LogP contribution is 2.22. The van der Waals surface area contributed by atoms with Gasteiger partial charge < -0.3 is 15.0 Å². The number of H-pyrrole nitrogens is 1. The van der Waals surface area contributed by atoms with Gasteiger partial charge in [-0.1, -0.05) is 30.0 Å². The fourth-order valence-electron chi connectivity index (χ4n) is 3.94. The Balaban J connectivity index is 1.24. The van der Waals surface area contributed by atoms with Crippen LogP contribution < -0.4 is 11.0 Å². The minimum Gasteiger partial charge on any atom is -0.376 e. The van der Waals surface area contributed by atoms with Crippen molar-refractivity contribution < 1.29 is 14.3 Å². The van der Waals surface area contributed by atoms with Gasteiger partial charge in [0.1, 0.15) is 0 Å². The molecule has 2 amide bonds. The molecule has 10 heteroatoms. The molecule has 166 valence electrons. The summed E-state index contributed by atoms with van der Waals surface area (Å²) < 4.78 is 7.16. The van der Waals surface area contributed by atoms with Crippen molar-refractivity contribution in [3.05, 3.63) is 40.8 Å². The van der Waals surface area contributed by atoms with Gasteiger partial charge >= 0.3 is 5.69 Å². The monoisotopic (exact) mass is 445 g/mol. The van der Waals surface area contributed by atoms with Crippen LogP contribution in [0, 0.1) is 5.92 Å². The van der Waals surface area contributed by atoms with Crippen molar-refractivity contribution in [2.24, 2.45) is 5.92 Å². The molecule has 1 atom stereocenters. The van der Waals surface area contributed by atoms with Crippen molar-refractivity contribution in [3.8, 4) is 0 Å². The molecular formula is C21H27N5O4S. The summed E-state index contributed by atoms with van der Waals surface area (Å²) in [4.78, 5) is 39.0. The highest BCUT2D eigenvalue weighted by molar-refractivity contribution is 7.99. The molecule has 0 bridgehead atoms. The summed E-state index contributed by atoms with van der Waals surface area (Å²) in [6, 6.07) is 9.40. The number of rotatable bonds is 7. The number of carbonyl (C=O) groups excluding carboxylic acids is 2. The van der Waals surface area contributed by atoms with Crippen molar-refractivity contribution in [2.45, 2.75) is 43.5 Å². The first-order valence-electron chi connectivity index (χ1n) is 10.6. The molecule has 2 N–H and O–H groups in total. The van der Waals surface area contributed by atoms with E-state index in [1.54, 1.807) is 9.47 Å². The molecule has 2 fully saturated rings. The van der Waals surface area contributed by atoms with Crippen LogP contribution in [0.3, 0.4) is 0 Å². The highest BCUT2D eigenvalue weighted by atomic mass is 32.2. The zero-order valence-corrected chi connectivity index (χ0v) is 18.1. The molecule has 2 aliphatic rings. The van der Waals surface area contributed by atoms with Crippen molar-refractivity contribution in [1.29, 1.82) is 0 Å². The molecule has 0 spiro atoms. The predicted octanol–water partition coefficient (Wildman–Crippen LogP) is 1.72. The molecular weight excluding hydrogens is 418 g/mol. The van der Waals surface area contributed by atoms with Crippen LogP contribution >= 0.6 is 11.8 Å². The lowest BCUT2D eigenvalue weighted by atomic mass is 9.96. The number of hydrogen-bond acceptors (Lipinski definition) is 6. The number of nitrogens with zero attached hydrogens (tertiary/aromatic N) is 3. The molecule has 1 aromatic carbocycles. The first kappa shape index (κ1) is 21.6. The number of aromatic amines is 1. The number of thioether (sulfide) groups is 1. The molecule has 0 aliphatic carbocycles. The molecule has 1 aromatic heterocycles. The number of anilines is 1. The quantitative estimate of drug-likeness (QED) is 0.628. The number of para-hydroxylation sites is 1. The molecule has 2 aromatic rings. The van der Waals surface area contributed by atoms with Crippen molar-refractivity contribution in [2.75, 3.05) is 30.8 Å². The van der Waals surface area contributed by atoms with E-state index in [0.29, 0.717) is 37.6 Å². The van der Waals surface area contributed by atoms with E-state index in [0.717, 1.165) is 25.1 Å².